The number of ether oxygens (including phenoxy) is 1. The number of hydrogen-bond donors (Lipinski definition) is 1. The lowest BCUT2D eigenvalue weighted by Gasteiger charge is -2.16. The van der Waals surface area contributed by atoms with Gasteiger partial charge in [0.15, 0.2) is 0 Å². The molecule has 1 N–H and O–H groups in total. The molecule has 1 saturated carbocycles. The molecule has 1 aromatic carbocycles. The third-order valence-corrected chi connectivity index (χ3v) is 4.88. The summed E-state index contributed by atoms with van der Waals surface area (Å²) in [6, 6.07) is 11.2. The Morgan fingerprint density at radius 2 is 1.93 bits per heavy atom. The quantitative estimate of drug-likeness (QED) is 0.667. The number of hydrogen-bond acceptors (Lipinski definition) is 6. The lowest BCUT2D eigenvalue weighted by Crippen LogP contribution is -2.36. The minimum Gasteiger partial charge on any atom is -0.423 e. The Balaban J connectivity index is 1.46. The Morgan fingerprint density at radius 1 is 1.07 bits per heavy atom. The lowest BCUT2D eigenvalue weighted by atomic mass is 10.1. The zero-order chi connectivity index (χ0) is 19.2. The second-order valence-electron chi connectivity index (χ2n) is 6.92. The lowest BCUT2D eigenvalue weighted by molar-refractivity contribution is 0.194. The van der Waals surface area contributed by atoms with Crippen molar-refractivity contribution in [3.05, 3.63) is 49.0 Å². The molecule has 0 spiro atoms. The number of carbonyl (C=O) groups is 1. The Kier molecular flexibility index (Phi) is 5.61. The van der Waals surface area contributed by atoms with E-state index in [4.69, 9.17) is 9.15 Å². The van der Waals surface area contributed by atoms with E-state index in [0.29, 0.717) is 11.6 Å². The fourth-order valence-electron chi connectivity index (χ4n) is 3.47. The van der Waals surface area contributed by atoms with Crippen LogP contribution in [-0.2, 0) is 0 Å². The first kappa shape index (κ1) is 18.2. The third kappa shape index (κ3) is 4.54. The number of aromatic nitrogens is 3. The summed E-state index contributed by atoms with van der Waals surface area (Å²) in [7, 11) is 0. The predicted molar refractivity (Wildman–Crippen MR) is 104 cm³/mol. The van der Waals surface area contributed by atoms with Gasteiger partial charge in [-0.2, -0.15) is 0 Å². The summed E-state index contributed by atoms with van der Waals surface area (Å²) in [4.78, 5) is 16.7. The molecule has 7 heteroatoms. The van der Waals surface area contributed by atoms with Crippen LogP contribution in [0.25, 0.3) is 22.7 Å². The Bertz CT molecular complexity index is 919. The molecule has 3 aromatic rings. The molecular formula is C21H22N4O3. The van der Waals surface area contributed by atoms with Crippen LogP contribution in [0.5, 0.6) is 5.75 Å². The Morgan fingerprint density at radius 3 is 2.71 bits per heavy atom. The Labute approximate surface area is 163 Å². The van der Waals surface area contributed by atoms with Crippen molar-refractivity contribution < 1.29 is 13.9 Å². The molecule has 2 heterocycles. The number of amides is 1. The third-order valence-electron chi connectivity index (χ3n) is 4.88. The maximum atomic E-state index is 12.3. The van der Waals surface area contributed by atoms with Gasteiger partial charge < -0.3 is 14.5 Å². The molecule has 7 nitrogen and oxygen atoms in total. The van der Waals surface area contributed by atoms with Gasteiger partial charge in [-0.15, -0.1) is 10.2 Å². The maximum absolute atomic E-state index is 12.3. The molecule has 0 unspecified atom stereocenters. The van der Waals surface area contributed by atoms with Crippen molar-refractivity contribution >= 4 is 6.09 Å². The van der Waals surface area contributed by atoms with Gasteiger partial charge in [-0.1, -0.05) is 37.8 Å². The van der Waals surface area contributed by atoms with Gasteiger partial charge in [-0.3, -0.25) is 4.98 Å². The number of benzene rings is 1. The number of rotatable bonds is 4. The van der Waals surface area contributed by atoms with E-state index < -0.39 is 6.09 Å². The minimum atomic E-state index is -0.406. The highest BCUT2D eigenvalue weighted by Gasteiger charge is 2.16. The molecule has 0 saturated heterocycles. The van der Waals surface area contributed by atoms with Crippen LogP contribution in [-0.4, -0.2) is 27.3 Å². The summed E-state index contributed by atoms with van der Waals surface area (Å²) >= 11 is 0. The van der Waals surface area contributed by atoms with Gasteiger partial charge >= 0.3 is 6.09 Å². The van der Waals surface area contributed by atoms with Gasteiger partial charge in [0.05, 0.1) is 5.69 Å². The van der Waals surface area contributed by atoms with E-state index in [1.54, 1.807) is 24.4 Å². The normalized spacial score (nSPS) is 15.0. The van der Waals surface area contributed by atoms with Gasteiger partial charge in [-0.05, 0) is 37.1 Å². The molecule has 2 aromatic heterocycles. The monoisotopic (exact) mass is 378 g/mol. The standard InChI is InChI=1S/C21H22N4O3/c26-21(24-17-7-3-1-2-4-8-17)28-18-9-5-6-15(12-18)19-13-16(10-11-22-19)20-25-23-14-27-20/h5-6,9-14,17H,1-4,7-8H2,(H,24,26). The van der Waals surface area contributed by atoms with E-state index in [2.05, 4.69) is 20.5 Å². The van der Waals surface area contributed by atoms with E-state index in [-0.39, 0.29) is 6.04 Å². The first-order valence-electron chi connectivity index (χ1n) is 9.59. The molecule has 1 amide bonds. The molecule has 1 aliphatic carbocycles. The summed E-state index contributed by atoms with van der Waals surface area (Å²) in [6.07, 6.45) is 9.39. The first-order chi connectivity index (χ1) is 13.8. The molecule has 1 fully saturated rings. The van der Waals surface area contributed by atoms with E-state index >= 15 is 0 Å². The number of nitrogens with zero attached hydrogens (tertiary/aromatic N) is 3. The minimum absolute atomic E-state index is 0.200. The van der Waals surface area contributed by atoms with E-state index in [9.17, 15) is 4.79 Å². The van der Waals surface area contributed by atoms with Crippen molar-refractivity contribution in [2.24, 2.45) is 0 Å². The van der Waals surface area contributed by atoms with Crippen LogP contribution in [0.15, 0.2) is 53.4 Å². The van der Waals surface area contributed by atoms with Crippen LogP contribution >= 0.6 is 0 Å². The van der Waals surface area contributed by atoms with Crippen LogP contribution < -0.4 is 10.1 Å². The fourth-order valence-corrected chi connectivity index (χ4v) is 3.47. The van der Waals surface area contributed by atoms with Crippen LogP contribution in [0.1, 0.15) is 38.5 Å². The summed E-state index contributed by atoms with van der Waals surface area (Å²) in [6.45, 7) is 0. The predicted octanol–water partition coefficient (Wildman–Crippen LogP) is 4.61. The SMILES string of the molecule is O=C(NC1CCCCCC1)Oc1cccc(-c2cc(-c3nnco3)ccn2)c1. The van der Waals surface area contributed by atoms with Gasteiger partial charge in [-0.25, -0.2) is 4.79 Å². The summed E-state index contributed by atoms with van der Waals surface area (Å²) in [5.74, 6) is 0.910. The zero-order valence-electron chi connectivity index (χ0n) is 15.5. The maximum Gasteiger partial charge on any atom is 0.412 e. The average Bonchev–Trinajstić information content (AvgIpc) is 3.14. The highest BCUT2D eigenvalue weighted by molar-refractivity contribution is 5.72. The summed E-state index contributed by atoms with van der Waals surface area (Å²) in [5, 5.41) is 10.6. The number of pyridine rings is 1. The van der Waals surface area contributed by atoms with Crippen molar-refractivity contribution in [2.45, 2.75) is 44.6 Å². The number of nitrogens with one attached hydrogen (secondary N) is 1. The molecule has 0 aliphatic heterocycles. The highest BCUT2D eigenvalue weighted by atomic mass is 16.6. The molecule has 0 radical (unpaired) electrons. The smallest absolute Gasteiger partial charge is 0.412 e. The summed E-state index contributed by atoms with van der Waals surface area (Å²) < 4.78 is 10.7. The number of carbonyl (C=O) groups excluding carboxylic acids is 1. The van der Waals surface area contributed by atoms with Gasteiger partial charge in [0.2, 0.25) is 12.3 Å². The van der Waals surface area contributed by atoms with Crippen molar-refractivity contribution in [3.63, 3.8) is 0 Å². The molecule has 0 atom stereocenters. The second kappa shape index (κ2) is 8.65. The zero-order valence-corrected chi connectivity index (χ0v) is 15.5. The van der Waals surface area contributed by atoms with E-state index in [0.717, 1.165) is 42.5 Å². The molecule has 4 rings (SSSR count). The summed E-state index contributed by atoms with van der Waals surface area (Å²) in [5.41, 5.74) is 2.34. The average molecular weight is 378 g/mol. The van der Waals surface area contributed by atoms with E-state index in [1.165, 1.54) is 19.2 Å². The van der Waals surface area contributed by atoms with Crippen LogP contribution in [0.3, 0.4) is 0 Å². The Hall–Kier alpha value is -3.22. The van der Waals surface area contributed by atoms with Gasteiger partial charge in [0.1, 0.15) is 5.75 Å². The second-order valence-corrected chi connectivity index (χ2v) is 6.92. The molecular weight excluding hydrogens is 356 g/mol. The van der Waals surface area contributed by atoms with Gasteiger partial charge in [0.25, 0.3) is 0 Å². The van der Waals surface area contributed by atoms with Crippen molar-refractivity contribution in [1.29, 1.82) is 0 Å². The van der Waals surface area contributed by atoms with Gasteiger partial charge in [0, 0.05) is 23.4 Å². The fraction of sp³-hybridized carbons (Fsp3) is 0.333. The van der Waals surface area contributed by atoms with Crippen molar-refractivity contribution in [2.75, 3.05) is 0 Å². The molecule has 1 aliphatic rings. The largest absolute Gasteiger partial charge is 0.423 e. The van der Waals surface area contributed by atoms with Crippen LogP contribution in [0, 0.1) is 0 Å². The van der Waals surface area contributed by atoms with Crippen LogP contribution in [0.2, 0.25) is 0 Å². The van der Waals surface area contributed by atoms with Crippen molar-refractivity contribution in [1.82, 2.24) is 20.5 Å². The topological polar surface area (TPSA) is 90.1 Å². The molecule has 0 bridgehead atoms. The van der Waals surface area contributed by atoms with Crippen LogP contribution in [0.4, 0.5) is 4.79 Å². The van der Waals surface area contributed by atoms with E-state index in [1.807, 2.05) is 18.2 Å². The first-order valence-corrected chi connectivity index (χ1v) is 9.59. The molecule has 28 heavy (non-hydrogen) atoms. The highest BCUT2D eigenvalue weighted by Crippen LogP contribution is 2.26. The molecule has 144 valence electrons. The van der Waals surface area contributed by atoms with Crippen molar-refractivity contribution in [3.8, 4) is 28.5 Å².